The number of aryl methyl sites for hydroxylation is 2. The number of benzene rings is 2. The Morgan fingerprint density at radius 3 is 2.37 bits per heavy atom. The highest BCUT2D eigenvalue weighted by atomic mass is 16.5. The van der Waals surface area contributed by atoms with Crippen molar-refractivity contribution in [3.63, 3.8) is 0 Å². The quantitative estimate of drug-likeness (QED) is 0.206. The molecule has 6 nitrogen and oxygen atoms in total. The van der Waals surface area contributed by atoms with E-state index in [9.17, 15) is 0 Å². The van der Waals surface area contributed by atoms with Gasteiger partial charge in [-0.15, -0.1) is 0 Å². The van der Waals surface area contributed by atoms with Crippen molar-refractivity contribution in [3.05, 3.63) is 95.0 Å². The number of ether oxygens (including phenoxy) is 1. The monoisotopic (exact) mass is 545 g/mol. The molecule has 3 atom stereocenters. The molecular formula is C35H39N5O. The summed E-state index contributed by atoms with van der Waals surface area (Å²) in [6.45, 7) is 5.69. The first kappa shape index (κ1) is 26.1. The van der Waals surface area contributed by atoms with E-state index in [1.165, 1.54) is 36.0 Å². The number of aromatic amines is 1. The fraction of sp³-hybridized carbons (Fsp3) is 0.343. The Balaban J connectivity index is 1.14. The number of allylic oxidation sites excluding steroid dienone is 3. The molecule has 4 aromatic rings. The minimum Gasteiger partial charge on any atom is -0.402 e. The molecule has 0 spiro atoms. The van der Waals surface area contributed by atoms with Gasteiger partial charge in [0.2, 0.25) is 0 Å². The van der Waals surface area contributed by atoms with E-state index in [2.05, 4.69) is 64.6 Å². The average molecular weight is 546 g/mol. The molecule has 0 amide bonds. The third-order valence-corrected chi connectivity index (χ3v) is 9.37. The Bertz CT molecular complexity index is 1650. The Morgan fingerprint density at radius 2 is 1.63 bits per heavy atom. The second kappa shape index (κ2) is 10.5. The zero-order valence-electron chi connectivity index (χ0n) is 24.0. The molecule has 7 rings (SSSR count). The number of nitrogens with one attached hydrogen (secondary N) is 1. The zero-order valence-corrected chi connectivity index (χ0v) is 24.0. The van der Waals surface area contributed by atoms with Crippen molar-refractivity contribution in [2.75, 3.05) is 13.2 Å². The van der Waals surface area contributed by atoms with Gasteiger partial charge in [0.05, 0.1) is 13.2 Å². The molecule has 41 heavy (non-hydrogen) atoms. The van der Waals surface area contributed by atoms with E-state index in [-0.39, 0.29) is 0 Å². The third-order valence-electron chi connectivity index (χ3n) is 9.37. The van der Waals surface area contributed by atoms with Crippen LogP contribution >= 0.6 is 0 Å². The molecule has 210 valence electrons. The van der Waals surface area contributed by atoms with E-state index in [1.54, 1.807) is 0 Å². The lowest BCUT2D eigenvalue weighted by Crippen LogP contribution is -2.66. The molecular weight excluding hydrogens is 506 g/mol. The normalized spacial score (nSPS) is 23.5. The smallest absolute Gasteiger partial charge is 0.137 e. The van der Waals surface area contributed by atoms with Crippen LogP contribution in [-0.2, 0) is 17.6 Å². The molecule has 2 aromatic heterocycles. The van der Waals surface area contributed by atoms with Crippen LogP contribution in [0.3, 0.4) is 0 Å². The fourth-order valence-corrected chi connectivity index (χ4v) is 7.21. The Kier molecular flexibility index (Phi) is 6.68. The molecule has 5 N–H and O–H groups in total. The number of hydrogen-bond donors (Lipinski definition) is 3. The van der Waals surface area contributed by atoms with Crippen molar-refractivity contribution in [3.8, 4) is 22.3 Å². The first-order chi connectivity index (χ1) is 19.9. The minimum absolute atomic E-state index is 0.649. The molecule has 2 aromatic carbocycles. The molecule has 0 saturated carbocycles. The number of rotatable bonds is 5. The number of hydrogen-bond acceptors (Lipinski definition) is 5. The molecule has 0 radical (unpaired) electrons. The summed E-state index contributed by atoms with van der Waals surface area (Å²) in [5.41, 5.74) is 24.2. The van der Waals surface area contributed by atoms with Gasteiger partial charge in [-0.1, -0.05) is 42.5 Å². The van der Waals surface area contributed by atoms with Crippen molar-refractivity contribution in [2.45, 2.75) is 64.1 Å². The Morgan fingerprint density at radius 1 is 0.902 bits per heavy atom. The van der Waals surface area contributed by atoms with Crippen LogP contribution in [0.2, 0.25) is 0 Å². The molecule has 3 aliphatic rings. The van der Waals surface area contributed by atoms with Crippen LogP contribution in [-0.4, -0.2) is 46.2 Å². The van der Waals surface area contributed by atoms with Crippen molar-refractivity contribution in [2.24, 2.45) is 11.5 Å². The summed E-state index contributed by atoms with van der Waals surface area (Å²) >= 11 is 0. The lowest BCUT2D eigenvalue weighted by molar-refractivity contribution is -0.148. The molecule has 2 saturated heterocycles. The maximum atomic E-state index is 6.40. The highest BCUT2D eigenvalue weighted by molar-refractivity contribution is 5.96. The maximum Gasteiger partial charge on any atom is 0.137 e. The summed E-state index contributed by atoms with van der Waals surface area (Å²) in [5, 5.41) is 1.12. The van der Waals surface area contributed by atoms with Gasteiger partial charge in [0.1, 0.15) is 5.65 Å². The van der Waals surface area contributed by atoms with Gasteiger partial charge >= 0.3 is 0 Å². The predicted octanol–water partition coefficient (Wildman–Crippen LogP) is 6.17. The fourth-order valence-electron chi connectivity index (χ4n) is 7.21. The van der Waals surface area contributed by atoms with Gasteiger partial charge in [-0.25, -0.2) is 4.98 Å². The van der Waals surface area contributed by atoms with Crippen molar-refractivity contribution in [1.82, 2.24) is 14.9 Å². The van der Waals surface area contributed by atoms with Crippen LogP contribution in [0.5, 0.6) is 0 Å². The molecule has 2 fully saturated rings. The van der Waals surface area contributed by atoms with Gasteiger partial charge in [0, 0.05) is 58.4 Å². The first-order valence-electron chi connectivity index (χ1n) is 14.9. The van der Waals surface area contributed by atoms with E-state index >= 15 is 0 Å². The van der Waals surface area contributed by atoms with Crippen LogP contribution in [0, 0.1) is 0 Å². The van der Waals surface area contributed by atoms with Gasteiger partial charge in [-0.3, -0.25) is 4.90 Å². The van der Waals surface area contributed by atoms with Crippen LogP contribution in [0.25, 0.3) is 39.0 Å². The largest absolute Gasteiger partial charge is 0.402 e. The summed E-state index contributed by atoms with van der Waals surface area (Å²) in [6.07, 6.45) is 12.1. The summed E-state index contributed by atoms with van der Waals surface area (Å²) in [5.74, 6) is 0. The van der Waals surface area contributed by atoms with Gasteiger partial charge in [0.25, 0.3) is 0 Å². The van der Waals surface area contributed by atoms with Gasteiger partial charge < -0.3 is 21.2 Å². The topological polar surface area (TPSA) is 93.2 Å². The zero-order chi connectivity index (χ0) is 28.1. The van der Waals surface area contributed by atoms with E-state index in [0.29, 0.717) is 18.1 Å². The van der Waals surface area contributed by atoms with Crippen molar-refractivity contribution < 1.29 is 4.74 Å². The number of H-pyrrole nitrogens is 1. The number of aromatic nitrogens is 2. The summed E-state index contributed by atoms with van der Waals surface area (Å²) in [4.78, 5) is 10.9. The van der Waals surface area contributed by atoms with E-state index in [1.807, 2.05) is 26.1 Å². The summed E-state index contributed by atoms with van der Waals surface area (Å²) in [7, 11) is 0. The van der Waals surface area contributed by atoms with Crippen LogP contribution in [0.15, 0.2) is 78.3 Å². The SMILES string of the molecule is C/C(N)=C/C(C)=C(\N)c1ccc(-c2c[nH]c3ncc(-c4ccc5c(c4)CCC(N4C6COCC4C6)CC5)cc23)cc1. The number of fused-ring (bicyclic) bond motifs is 4. The standard InChI is InChI=1S/C35H39N5O/c1-21(13-22(2)36)34(37)25-6-4-24(5-7-25)33-18-39-35-32(33)15-28(17-38-35)27-8-3-23-9-11-29(12-10-26(23)14-27)40-30-16-31(40)20-41-19-30/h3-8,13-15,17-18,29-31H,9-12,16,19-20,36-37H2,1-2H3,(H,38,39)/b22-13-,34-21-. The first-order valence-corrected chi connectivity index (χ1v) is 14.9. The molecule has 4 heterocycles. The van der Waals surface area contributed by atoms with Crippen molar-refractivity contribution in [1.29, 1.82) is 0 Å². The van der Waals surface area contributed by atoms with Crippen molar-refractivity contribution >= 4 is 16.7 Å². The van der Waals surface area contributed by atoms with Crippen LogP contribution in [0.1, 0.15) is 49.8 Å². The van der Waals surface area contributed by atoms with E-state index in [0.717, 1.165) is 76.3 Å². The average Bonchev–Trinajstić information content (AvgIpc) is 3.30. The molecule has 3 unspecified atom stereocenters. The Labute approximate surface area is 242 Å². The highest BCUT2D eigenvalue weighted by Crippen LogP contribution is 2.38. The van der Waals surface area contributed by atoms with Crippen LogP contribution < -0.4 is 11.5 Å². The van der Waals surface area contributed by atoms with Gasteiger partial charge in [0.15, 0.2) is 0 Å². The predicted molar refractivity (Wildman–Crippen MR) is 167 cm³/mol. The number of nitrogens with zero attached hydrogens (tertiary/aromatic N) is 2. The van der Waals surface area contributed by atoms with Gasteiger partial charge in [-0.2, -0.15) is 0 Å². The van der Waals surface area contributed by atoms with E-state index < -0.39 is 0 Å². The van der Waals surface area contributed by atoms with Crippen LogP contribution in [0.4, 0.5) is 0 Å². The van der Waals surface area contributed by atoms with Gasteiger partial charge in [-0.05, 0) is 91.5 Å². The lowest BCUT2D eigenvalue weighted by Gasteiger charge is -2.56. The molecule has 6 heteroatoms. The number of morpholine rings is 1. The molecule has 1 aliphatic carbocycles. The summed E-state index contributed by atoms with van der Waals surface area (Å²) < 4.78 is 5.74. The second-order valence-electron chi connectivity index (χ2n) is 12.1. The summed E-state index contributed by atoms with van der Waals surface area (Å²) in [6, 6.07) is 19.7. The Hall–Kier alpha value is -3.87. The molecule has 2 bridgehead atoms. The highest BCUT2D eigenvalue weighted by Gasteiger charge is 2.45. The molecule has 2 aliphatic heterocycles. The third kappa shape index (κ3) is 4.85. The maximum absolute atomic E-state index is 6.40. The number of nitrogens with two attached hydrogens (primary N) is 2. The second-order valence-corrected chi connectivity index (χ2v) is 12.1. The van der Waals surface area contributed by atoms with E-state index in [4.69, 9.17) is 21.2 Å². The lowest BCUT2D eigenvalue weighted by atomic mass is 9.87. The number of pyridine rings is 1. The minimum atomic E-state index is 0.649.